The van der Waals surface area contributed by atoms with Crippen LogP contribution < -0.4 is 10.6 Å². The molecule has 0 aliphatic rings. The average Bonchev–Trinajstić information content (AvgIpc) is 2.73. The van der Waals surface area contributed by atoms with Gasteiger partial charge < -0.3 is 15.5 Å². The summed E-state index contributed by atoms with van der Waals surface area (Å²) in [5, 5.41) is 0.825. The molecule has 108 valence electrons. The van der Waals surface area contributed by atoms with Crippen molar-refractivity contribution in [2.45, 2.75) is 40.7 Å². The Labute approximate surface area is 119 Å². The molecule has 0 aromatic carbocycles. The maximum absolute atomic E-state index is 12.4. The molecule has 6 heteroatoms. The standard InChI is InChI=1S/C13H24N4OS/c1-6-16(7-2)13-15-11(14)10(19-13)12(18)17(8-3)9(4)5/h9H,6-8,14H2,1-5H3. The monoisotopic (exact) mass is 284 g/mol. The first-order valence-electron chi connectivity index (χ1n) is 6.78. The fraction of sp³-hybridized carbons (Fsp3) is 0.692. The molecule has 19 heavy (non-hydrogen) atoms. The maximum atomic E-state index is 12.4. The lowest BCUT2D eigenvalue weighted by atomic mass is 10.3. The number of anilines is 2. The van der Waals surface area contributed by atoms with Crippen LogP contribution >= 0.6 is 11.3 Å². The van der Waals surface area contributed by atoms with Crippen LogP contribution in [0.2, 0.25) is 0 Å². The molecule has 0 fully saturated rings. The minimum Gasteiger partial charge on any atom is -0.382 e. The molecule has 1 amide bonds. The number of hydrogen-bond acceptors (Lipinski definition) is 5. The Morgan fingerprint density at radius 3 is 2.26 bits per heavy atom. The summed E-state index contributed by atoms with van der Waals surface area (Å²) >= 11 is 1.38. The predicted octanol–water partition coefficient (Wildman–Crippen LogP) is 2.44. The van der Waals surface area contributed by atoms with E-state index >= 15 is 0 Å². The Bertz CT molecular complexity index is 426. The second-order valence-corrected chi connectivity index (χ2v) is 5.55. The Morgan fingerprint density at radius 2 is 1.84 bits per heavy atom. The zero-order valence-corrected chi connectivity index (χ0v) is 13.3. The number of carbonyl (C=O) groups is 1. The van der Waals surface area contributed by atoms with Crippen molar-refractivity contribution in [3.8, 4) is 0 Å². The van der Waals surface area contributed by atoms with Crippen LogP contribution in [0, 0.1) is 0 Å². The summed E-state index contributed by atoms with van der Waals surface area (Å²) in [5.41, 5.74) is 5.91. The van der Waals surface area contributed by atoms with Gasteiger partial charge in [0.05, 0.1) is 0 Å². The van der Waals surface area contributed by atoms with Crippen LogP contribution in [-0.2, 0) is 0 Å². The number of nitrogens with two attached hydrogens (primary N) is 1. The van der Waals surface area contributed by atoms with Gasteiger partial charge in [0.25, 0.3) is 5.91 Å². The van der Waals surface area contributed by atoms with Gasteiger partial charge in [-0.05, 0) is 34.6 Å². The second-order valence-electron chi connectivity index (χ2n) is 4.57. The molecule has 0 spiro atoms. The van der Waals surface area contributed by atoms with Gasteiger partial charge >= 0.3 is 0 Å². The van der Waals surface area contributed by atoms with Crippen molar-refractivity contribution in [1.82, 2.24) is 9.88 Å². The number of carbonyl (C=O) groups excluding carboxylic acids is 1. The smallest absolute Gasteiger partial charge is 0.268 e. The summed E-state index contributed by atoms with van der Waals surface area (Å²) in [7, 11) is 0. The zero-order valence-electron chi connectivity index (χ0n) is 12.4. The lowest BCUT2D eigenvalue weighted by molar-refractivity contribution is 0.0722. The predicted molar refractivity (Wildman–Crippen MR) is 81.9 cm³/mol. The van der Waals surface area contributed by atoms with Gasteiger partial charge in [-0.15, -0.1) is 0 Å². The molecule has 1 heterocycles. The SMILES string of the molecule is CCN(CC)c1nc(N)c(C(=O)N(CC)C(C)C)s1. The van der Waals surface area contributed by atoms with Crippen LogP contribution in [-0.4, -0.2) is 41.5 Å². The Morgan fingerprint density at radius 1 is 1.26 bits per heavy atom. The number of nitrogen functional groups attached to an aromatic ring is 1. The topological polar surface area (TPSA) is 62.5 Å². The molecule has 1 aromatic heterocycles. The van der Waals surface area contributed by atoms with Gasteiger partial charge in [0.15, 0.2) is 5.13 Å². The summed E-state index contributed by atoms with van der Waals surface area (Å²) in [6.07, 6.45) is 0. The van der Waals surface area contributed by atoms with Crippen LogP contribution in [0.4, 0.5) is 10.9 Å². The third-order valence-corrected chi connectivity index (χ3v) is 4.22. The van der Waals surface area contributed by atoms with Gasteiger partial charge in [-0.25, -0.2) is 4.98 Å². The lowest BCUT2D eigenvalue weighted by Crippen LogP contribution is -2.36. The molecule has 2 N–H and O–H groups in total. The first-order chi connectivity index (χ1) is 8.96. The maximum Gasteiger partial charge on any atom is 0.268 e. The molecule has 0 bridgehead atoms. The van der Waals surface area contributed by atoms with Crippen molar-refractivity contribution in [1.29, 1.82) is 0 Å². The van der Waals surface area contributed by atoms with E-state index in [1.54, 1.807) is 4.90 Å². The van der Waals surface area contributed by atoms with Gasteiger partial charge in [-0.1, -0.05) is 11.3 Å². The molecule has 1 rings (SSSR count). The molecule has 0 saturated carbocycles. The molecule has 0 atom stereocenters. The minimum absolute atomic E-state index is 0.0223. The Kier molecular flexibility index (Phi) is 5.60. The zero-order chi connectivity index (χ0) is 14.6. The number of hydrogen-bond donors (Lipinski definition) is 1. The molecular formula is C13H24N4OS. The highest BCUT2D eigenvalue weighted by molar-refractivity contribution is 7.18. The highest BCUT2D eigenvalue weighted by Crippen LogP contribution is 2.29. The van der Waals surface area contributed by atoms with Crippen molar-refractivity contribution in [2.24, 2.45) is 0 Å². The van der Waals surface area contributed by atoms with Crippen molar-refractivity contribution in [2.75, 3.05) is 30.3 Å². The van der Waals surface area contributed by atoms with Crippen LogP contribution in [0.25, 0.3) is 0 Å². The van der Waals surface area contributed by atoms with Crippen molar-refractivity contribution < 1.29 is 4.79 Å². The van der Waals surface area contributed by atoms with Gasteiger partial charge in [0.1, 0.15) is 10.7 Å². The molecule has 0 aliphatic heterocycles. The van der Waals surface area contributed by atoms with Crippen molar-refractivity contribution >= 4 is 28.2 Å². The largest absolute Gasteiger partial charge is 0.382 e. The number of amides is 1. The summed E-state index contributed by atoms with van der Waals surface area (Å²) in [5.74, 6) is 0.321. The second kappa shape index (κ2) is 6.75. The van der Waals surface area contributed by atoms with Crippen molar-refractivity contribution in [3.63, 3.8) is 0 Å². The number of aromatic nitrogens is 1. The highest BCUT2D eigenvalue weighted by Gasteiger charge is 2.24. The van der Waals surface area contributed by atoms with E-state index in [-0.39, 0.29) is 11.9 Å². The molecule has 0 saturated heterocycles. The van der Waals surface area contributed by atoms with Crippen LogP contribution in [0.1, 0.15) is 44.3 Å². The summed E-state index contributed by atoms with van der Waals surface area (Å²) < 4.78 is 0. The van der Waals surface area contributed by atoms with Crippen LogP contribution in [0.3, 0.4) is 0 Å². The molecule has 0 aliphatic carbocycles. The van der Waals surface area contributed by atoms with E-state index in [9.17, 15) is 4.79 Å². The average molecular weight is 284 g/mol. The molecule has 5 nitrogen and oxygen atoms in total. The van der Waals surface area contributed by atoms with Gasteiger partial charge in [0.2, 0.25) is 0 Å². The highest BCUT2D eigenvalue weighted by atomic mass is 32.1. The van der Waals surface area contributed by atoms with E-state index in [0.29, 0.717) is 17.2 Å². The van der Waals surface area contributed by atoms with E-state index in [0.717, 1.165) is 18.2 Å². The molecule has 1 aromatic rings. The first kappa shape index (κ1) is 15.8. The summed E-state index contributed by atoms with van der Waals surface area (Å²) in [6.45, 7) is 12.5. The normalized spacial score (nSPS) is 10.8. The van der Waals surface area contributed by atoms with E-state index < -0.39 is 0 Å². The van der Waals surface area contributed by atoms with E-state index in [1.165, 1.54) is 11.3 Å². The first-order valence-corrected chi connectivity index (χ1v) is 7.59. The Balaban J connectivity index is 3.04. The van der Waals surface area contributed by atoms with Crippen molar-refractivity contribution in [3.05, 3.63) is 4.88 Å². The van der Waals surface area contributed by atoms with E-state index in [1.807, 2.05) is 20.8 Å². The van der Waals surface area contributed by atoms with Gasteiger partial charge in [-0.2, -0.15) is 0 Å². The van der Waals surface area contributed by atoms with Crippen LogP contribution in [0.15, 0.2) is 0 Å². The van der Waals surface area contributed by atoms with E-state index in [2.05, 4.69) is 23.7 Å². The third-order valence-electron chi connectivity index (χ3n) is 3.10. The summed E-state index contributed by atoms with van der Waals surface area (Å²) in [4.78, 5) is 21.2. The fourth-order valence-electron chi connectivity index (χ4n) is 1.98. The third kappa shape index (κ3) is 3.37. The Hall–Kier alpha value is -1.30. The molecular weight excluding hydrogens is 260 g/mol. The fourth-order valence-corrected chi connectivity index (χ4v) is 3.05. The number of thiazole rings is 1. The van der Waals surface area contributed by atoms with Gasteiger partial charge in [-0.3, -0.25) is 4.79 Å². The number of nitrogens with zero attached hydrogens (tertiary/aromatic N) is 3. The van der Waals surface area contributed by atoms with Crippen LogP contribution in [0.5, 0.6) is 0 Å². The lowest BCUT2D eigenvalue weighted by Gasteiger charge is -2.24. The minimum atomic E-state index is -0.0223. The van der Waals surface area contributed by atoms with Gasteiger partial charge in [0, 0.05) is 25.7 Å². The molecule has 0 unspecified atom stereocenters. The summed E-state index contributed by atoms with van der Waals surface area (Å²) in [6, 6.07) is 0.163. The number of rotatable bonds is 6. The molecule has 0 radical (unpaired) electrons. The van der Waals surface area contributed by atoms with E-state index in [4.69, 9.17) is 5.73 Å². The quantitative estimate of drug-likeness (QED) is 0.871.